The summed E-state index contributed by atoms with van der Waals surface area (Å²) < 4.78 is 1.08. The molecule has 2 aliphatic rings. The third-order valence-corrected chi connectivity index (χ3v) is 5.14. The van der Waals surface area contributed by atoms with Crippen molar-refractivity contribution in [1.82, 2.24) is 19.4 Å². The van der Waals surface area contributed by atoms with Gasteiger partial charge < -0.3 is 9.80 Å². The van der Waals surface area contributed by atoms with E-state index < -0.39 is 0 Å². The van der Waals surface area contributed by atoms with E-state index >= 15 is 0 Å². The predicted molar refractivity (Wildman–Crippen MR) is 96.3 cm³/mol. The van der Waals surface area contributed by atoms with Crippen molar-refractivity contribution < 1.29 is 0 Å². The number of pyridine rings is 1. The fraction of sp³-hybridized carbons (Fsp3) is 0.471. The number of aromatic amines is 1. The van der Waals surface area contributed by atoms with E-state index in [2.05, 4.69) is 24.7 Å². The normalized spacial score (nSPS) is 19.1. The molecule has 0 atom stereocenters. The second-order valence-electron chi connectivity index (χ2n) is 6.63. The van der Waals surface area contributed by atoms with Crippen molar-refractivity contribution >= 4 is 11.6 Å². The van der Waals surface area contributed by atoms with Crippen LogP contribution in [-0.4, -0.2) is 64.7 Å². The summed E-state index contributed by atoms with van der Waals surface area (Å²) in [7, 11) is 1.48. The largest absolute Gasteiger partial charge is 0.355 e. The van der Waals surface area contributed by atoms with E-state index in [0.717, 1.165) is 49.7 Å². The van der Waals surface area contributed by atoms with Gasteiger partial charge in [-0.05, 0) is 12.1 Å². The molecule has 2 aromatic rings. The lowest BCUT2D eigenvalue weighted by molar-refractivity contribution is 0.156. The van der Waals surface area contributed by atoms with Crippen LogP contribution in [0.1, 0.15) is 0 Å². The predicted octanol–water partition coefficient (Wildman–Crippen LogP) is -0.521. The molecule has 2 aromatic heterocycles. The molecule has 4 rings (SSSR count). The molecular formula is C17H22N6O2. The van der Waals surface area contributed by atoms with Gasteiger partial charge >= 0.3 is 5.69 Å². The summed E-state index contributed by atoms with van der Waals surface area (Å²) in [4.78, 5) is 37.5. The number of anilines is 2. The minimum absolute atomic E-state index is 0.272. The van der Waals surface area contributed by atoms with Crippen LogP contribution in [0.3, 0.4) is 0 Å². The summed E-state index contributed by atoms with van der Waals surface area (Å²) in [6.45, 7) is 5.62. The summed E-state index contributed by atoms with van der Waals surface area (Å²) in [5.41, 5.74) is -0.638. The van der Waals surface area contributed by atoms with Crippen LogP contribution >= 0.6 is 0 Å². The molecule has 0 radical (unpaired) electrons. The topological polar surface area (TPSA) is 77.5 Å². The fourth-order valence-corrected chi connectivity index (χ4v) is 3.45. The molecule has 0 amide bonds. The summed E-state index contributed by atoms with van der Waals surface area (Å²) >= 11 is 0. The molecule has 2 saturated heterocycles. The fourth-order valence-electron chi connectivity index (χ4n) is 3.45. The van der Waals surface area contributed by atoms with Crippen molar-refractivity contribution in [3.8, 4) is 0 Å². The molecule has 0 bridgehead atoms. The van der Waals surface area contributed by atoms with Gasteiger partial charge in [0.15, 0.2) is 0 Å². The highest BCUT2D eigenvalue weighted by atomic mass is 16.2. The Labute approximate surface area is 145 Å². The van der Waals surface area contributed by atoms with Crippen molar-refractivity contribution in [3.05, 3.63) is 51.3 Å². The first-order chi connectivity index (χ1) is 12.1. The zero-order valence-electron chi connectivity index (χ0n) is 14.3. The van der Waals surface area contributed by atoms with Crippen LogP contribution < -0.4 is 21.0 Å². The molecule has 2 aliphatic heterocycles. The Hall–Kier alpha value is -2.61. The number of H-pyrrole nitrogens is 1. The Morgan fingerprint density at radius 3 is 2.48 bits per heavy atom. The van der Waals surface area contributed by atoms with Gasteiger partial charge in [0.25, 0.3) is 5.56 Å². The Morgan fingerprint density at radius 1 is 1.08 bits per heavy atom. The van der Waals surface area contributed by atoms with Crippen LogP contribution in [0.4, 0.5) is 11.6 Å². The van der Waals surface area contributed by atoms with Crippen LogP contribution in [0, 0.1) is 0 Å². The Morgan fingerprint density at radius 2 is 1.84 bits per heavy atom. The molecule has 0 aliphatic carbocycles. The second kappa shape index (κ2) is 6.36. The molecule has 0 saturated carbocycles. The lowest BCUT2D eigenvalue weighted by Crippen LogP contribution is -2.63. The second-order valence-corrected chi connectivity index (χ2v) is 6.63. The highest BCUT2D eigenvalue weighted by Gasteiger charge is 2.34. The van der Waals surface area contributed by atoms with E-state index in [9.17, 15) is 9.59 Å². The third-order valence-electron chi connectivity index (χ3n) is 5.14. The molecule has 0 spiro atoms. The maximum Gasteiger partial charge on any atom is 0.329 e. The molecule has 25 heavy (non-hydrogen) atoms. The smallest absolute Gasteiger partial charge is 0.329 e. The van der Waals surface area contributed by atoms with Crippen LogP contribution in [0.25, 0.3) is 0 Å². The summed E-state index contributed by atoms with van der Waals surface area (Å²) in [6.07, 6.45) is 1.83. The number of nitrogens with zero attached hydrogens (tertiary/aromatic N) is 5. The molecule has 132 valence electrons. The van der Waals surface area contributed by atoms with E-state index in [-0.39, 0.29) is 11.2 Å². The molecule has 0 unspecified atom stereocenters. The lowest BCUT2D eigenvalue weighted by Gasteiger charge is -2.48. The average molecular weight is 342 g/mol. The van der Waals surface area contributed by atoms with E-state index in [1.165, 1.54) is 13.1 Å². The first kappa shape index (κ1) is 15.9. The quantitative estimate of drug-likeness (QED) is 0.809. The monoisotopic (exact) mass is 342 g/mol. The molecule has 1 N–H and O–H groups in total. The highest BCUT2D eigenvalue weighted by molar-refractivity contribution is 5.42. The minimum Gasteiger partial charge on any atom is -0.355 e. The number of piperazine rings is 1. The van der Waals surface area contributed by atoms with Crippen molar-refractivity contribution in [2.45, 2.75) is 6.04 Å². The van der Waals surface area contributed by atoms with Crippen LogP contribution in [0.2, 0.25) is 0 Å². The molecule has 4 heterocycles. The number of nitrogens with one attached hydrogen (secondary N) is 1. The Balaban J connectivity index is 1.33. The molecule has 0 aromatic carbocycles. The van der Waals surface area contributed by atoms with E-state index in [1.54, 1.807) is 0 Å². The number of hydrogen-bond donors (Lipinski definition) is 1. The van der Waals surface area contributed by atoms with Gasteiger partial charge in [-0.1, -0.05) is 6.07 Å². The maximum absolute atomic E-state index is 11.8. The number of rotatable bonds is 3. The van der Waals surface area contributed by atoms with Gasteiger partial charge in [-0.2, -0.15) is 0 Å². The van der Waals surface area contributed by atoms with Gasteiger partial charge in [0.1, 0.15) is 11.6 Å². The maximum atomic E-state index is 11.8. The molecular weight excluding hydrogens is 320 g/mol. The first-order valence-corrected chi connectivity index (χ1v) is 8.57. The standard InChI is InChI=1S/C17H22N6O2/c1-20-16(24)10-15(19-17(20)25)23-11-13(12-23)21-6-8-22(9-7-21)14-4-2-3-5-18-14/h2-5,10,13H,6-9,11-12H2,1H3,(H,19,25). The van der Waals surface area contributed by atoms with Gasteiger partial charge in [-0.25, -0.2) is 9.78 Å². The van der Waals surface area contributed by atoms with Crippen LogP contribution in [0.15, 0.2) is 40.1 Å². The highest BCUT2D eigenvalue weighted by Crippen LogP contribution is 2.22. The van der Waals surface area contributed by atoms with Gasteiger partial charge in [0.05, 0.1) is 0 Å². The number of hydrogen-bond acceptors (Lipinski definition) is 6. The van der Waals surface area contributed by atoms with Crippen molar-refractivity contribution in [1.29, 1.82) is 0 Å². The average Bonchev–Trinajstić information content (AvgIpc) is 2.60. The molecule has 2 fully saturated rings. The Kier molecular flexibility index (Phi) is 4.04. The van der Waals surface area contributed by atoms with Crippen LogP contribution in [-0.2, 0) is 7.05 Å². The van der Waals surface area contributed by atoms with Gasteiger partial charge in [0.2, 0.25) is 0 Å². The SMILES string of the molecule is Cn1c(=O)cc(N2CC(N3CCN(c4ccccn4)CC3)C2)[nH]c1=O. The lowest BCUT2D eigenvalue weighted by atomic mass is 10.1. The van der Waals surface area contributed by atoms with Gasteiger partial charge in [0, 0.05) is 64.6 Å². The summed E-state index contributed by atoms with van der Waals surface area (Å²) in [5, 5.41) is 0. The van der Waals surface area contributed by atoms with Crippen molar-refractivity contribution in [3.63, 3.8) is 0 Å². The number of aromatic nitrogens is 3. The first-order valence-electron chi connectivity index (χ1n) is 8.57. The van der Waals surface area contributed by atoms with Gasteiger partial charge in [-0.3, -0.25) is 19.2 Å². The van der Waals surface area contributed by atoms with Crippen molar-refractivity contribution in [2.75, 3.05) is 49.1 Å². The zero-order chi connectivity index (χ0) is 17.4. The minimum atomic E-state index is -0.366. The van der Waals surface area contributed by atoms with E-state index in [0.29, 0.717) is 11.9 Å². The van der Waals surface area contributed by atoms with E-state index in [1.807, 2.05) is 24.4 Å². The molecule has 8 nitrogen and oxygen atoms in total. The molecule has 8 heteroatoms. The van der Waals surface area contributed by atoms with E-state index in [4.69, 9.17) is 0 Å². The zero-order valence-corrected chi connectivity index (χ0v) is 14.3. The Bertz CT molecular complexity index is 816. The van der Waals surface area contributed by atoms with Gasteiger partial charge in [-0.15, -0.1) is 0 Å². The summed E-state index contributed by atoms with van der Waals surface area (Å²) in [6, 6.07) is 7.97. The third kappa shape index (κ3) is 3.05. The van der Waals surface area contributed by atoms with Crippen LogP contribution in [0.5, 0.6) is 0 Å². The summed E-state index contributed by atoms with van der Waals surface area (Å²) in [5.74, 6) is 1.66. The van der Waals surface area contributed by atoms with Crippen molar-refractivity contribution in [2.24, 2.45) is 7.05 Å².